The van der Waals surface area contributed by atoms with Crippen molar-refractivity contribution in [2.45, 2.75) is 57.5 Å². The van der Waals surface area contributed by atoms with Crippen molar-refractivity contribution in [1.82, 2.24) is 15.1 Å². The van der Waals surface area contributed by atoms with Crippen LogP contribution in [0.25, 0.3) is 11.5 Å². The Morgan fingerprint density at radius 1 is 1.24 bits per heavy atom. The molecule has 0 N–H and O–H groups in total. The molecule has 6 nitrogen and oxygen atoms in total. The van der Waals surface area contributed by atoms with Gasteiger partial charge in [-0.25, -0.2) is 0 Å². The molecule has 6 heteroatoms. The zero-order valence-electron chi connectivity index (χ0n) is 14.9. The first kappa shape index (κ1) is 16.5. The van der Waals surface area contributed by atoms with Gasteiger partial charge in [0.25, 0.3) is 0 Å². The lowest BCUT2D eigenvalue weighted by Gasteiger charge is -2.27. The minimum absolute atomic E-state index is 0.301. The Hall–Kier alpha value is -1.95. The van der Waals surface area contributed by atoms with Crippen LogP contribution >= 0.6 is 0 Å². The molecule has 134 valence electrons. The summed E-state index contributed by atoms with van der Waals surface area (Å²) in [6.07, 6.45) is 8.91. The third-order valence-corrected chi connectivity index (χ3v) is 5.22. The van der Waals surface area contributed by atoms with E-state index in [1.165, 1.54) is 18.5 Å². The third-order valence-electron chi connectivity index (χ3n) is 5.22. The summed E-state index contributed by atoms with van der Waals surface area (Å²) in [4.78, 5) is 11.5. The van der Waals surface area contributed by atoms with Crippen LogP contribution in [0.4, 0.5) is 5.69 Å². The number of pyridine rings is 1. The van der Waals surface area contributed by atoms with E-state index in [1.54, 1.807) is 0 Å². The van der Waals surface area contributed by atoms with Crippen molar-refractivity contribution < 1.29 is 9.26 Å². The summed E-state index contributed by atoms with van der Waals surface area (Å²) in [5.41, 5.74) is 1.95. The van der Waals surface area contributed by atoms with E-state index in [1.807, 2.05) is 12.3 Å². The highest BCUT2D eigenvalue weighted by molar-refractivity contribution is 5.54. The fourth-order valence-corrected chi connectivity index (χ4v) is 3.81. The Kier molecular flexibility index (Phi) is 4.97. The molecule has 2 aliphatic rings. The van der Waals surface area contributed by atoms with E-state index in [0.717, 1.165) is 57.0 Å². The van der Waals surface area contributed by atoms with Crippen molar-refractivity contribution in [1.29, 1.82) is 0 Å². The van der Waals surface area contributed by atoms with Crippen LogP contribution in [-0.2, 0) is 4.74 Å². The molecule has 0 spiro atoms. The highest BCUT2D eigenvalue weighted by Gasteiger charge is 2.28. The molecule has 25 heavy (non-hydrogen) atoms. The predicted molar refractivity (Wildman–Crippen MR) is 95.6 cm³/mol. The van der Waals surface area contributed by atoms with Gasteiger partial charge in [0.2, 0.25) is 11.7 Å². The van der Waals surface area contributed by atoms with Crippen molar-refractivity contribution in [3.05, 3.63) is 24.2 Å². The maximum Gasteiger partial charge on any atom is 0.230 e. The van der Waals surface area contributed by atoms with E-state index < -0.39 is 0 Å². The summed E-state index contributed by atoms with van der Waals surface area (Å²) in [5.74, 6) is 1.61. The van der Waals surface area contributed by atoms with Crippen molar-refractivity contribution in [3.63, 3.8) is 0 Å². The summed E-state index contributed by atoms with van der Waals surface area (Å²) < 4.78 is 11.4. The average molecular weight is 342 g/mol. The number of hydrogen-bond acceptors (Lipinski definition) is 6. The smallest absolute Gasteiger partial charge is 0.230 e. The molecule has 0 aromatic carbocycles. The van der Waals surface area contributed by atoms with Gasteiger partial charge in [-0.2, -0.15) is 4.98 Å². The van der Waals surface area contributed by atoms with E-state index in [4.69, 9.17) is 9.26 Å². The van der Waals surface area contributed by atoms with Crippen LogP contribution in [0.5, 0.6) is 0 Å². The van der Waals surface area contributed by atoms with Crippen molar-refractivity contribution in [3.8, 4) is 11.5 Å². The van der Waals surface area contributed by atoms with Crippen molar-refractivity contribution in [2.75, 3.05) is 24.6 Å². The monoisotopic (exact) mass is 342 g/mol. The number of aromatic nitrogens is 3. The Morgan fingerprint density at radius 2 is 2.12 bits per heavy atom. The Balaban J connectivity index is 1.45. The van der Waals surface area contributed by atoms with Gasteiger partial charge in [0.15, 0.2) is 0 Å². The highest BCUT2D eigenvalue weighted by Crippen LogP contribution is 2.31. The summed E-state index contributed by atoms with van der Waals surface area (Å²) >= 11 is 0. The average Bonchev–Trinajstić information content (AvgIpc) is 3.35. The molecule has 2 fully saturated rings. The molecule has 2 saturated heterocycles. The van der Waals surface area contributed by atoms with Crippen LogP contribution in [-0.4, -0.2) is 40.9 Å². The van der Waals surface area contributed by atoms with Gasteiger partial charge in [-0.05, 0) is 44.2 Å². The molecule has 0 unspecified atom stereocenters. The molecule has 0 bridgehead atoms. The number of ether oxygens (including phenoxy) is 1. The van der Waals surface area contributed by atoms with Crippen LogP contribution in [0.15, 0.2) is 22.9 Å². The third kappa shape index (κ3) is 3.68. The van der Waals surface area contributed by atoms with Gasteiger partial charge in [-0.15, -0.1) is 0 Å². The molecule has 0 saturated carbocycles. The summed E-state index contributed by atoms with van der Waals surface area (Å²) in [6.45, 7) is 5.21. The second-order valence-corrected chi connectivity index (χ2v) is 7.05. The van der Waals surface area contributed by atoms with E-state index in [0.29, 0.717) is 17.8 Å². The Labute approximate surface area is 148 Å². The minimum atomic E-state index is 0.301. The van der Waals surface area contributed by atoms with Gasteiger partial charge in [0, 0.05) is 25.6 Å². The molecule has 0 radical (unpaired) electrons. The molecule has 4 rings (SSSR count). The first-order valence-corrected chi connectivity index (χ1v) is 9.50. The summed E-state index contributed by atoms with van der Waals surface area (Å²) in [6, 6.07) is 4.10. The lowest BCUT2D eigenvalue weighted by molar-refractivity contribution is -0.00302. The molecule has 2 aliphatic heterocycles. The molecule has 2 aromatic heterocycles. The second kappa shape index (κ2) is 7.52. The van der Waals surface area contributed by atoms with Gasteiger partial charge >= 0.3 is 0 Å². The Bertz CT molecular complexity index is 677. The summed E-state index contributed by atoms with van der Waals surface area (Å²) in [7, 11) is 0. The van der Waals surface area contributed by atoms with E-state index in [-0.39, 0.29) is 0 Å². The molecular formula is C19H26N4O2. The number of anilines is 1. The minimum Gasteiger partial charge on any atom is -0.378 e. The quantitative estimate of drug-likeness (QED) is 0.823. The number of rotatable bonds is 5. The van der Waals surface area contributed by atoms with Crippen molar-refractivity contribution in [2.24, 2.45) is 0 Å². The van der Waals surface area contributed by atoms with E-state index >= 15 is 0 Å². The first-order valence-electron chi connectivity index (χ1n) is 9.50. The van der Waals surface area contributed by atoms with Crippen LogP contribution in [0.3, 0.4) is 0 Å². The first-order chi connectivity index (χ1) is 12.3. The molecule has 2 atom stereocenters. The van der Waals surface area contributed by atoms with E-state index in [9.17, 15) is 0 Å². The number of hydrogen-bond donors (Lipinski definition) is 0. The zero-order valence-corrected chi connectivity index (χ0v) is 14.9. The van der Waals surface area contributed by atoms with Crippen LogP contribution in [0.1, 0.15) is 57.3 Å². The van der Waals surface area contributed by atoms with E-state index in [2.05, 4.69) is 33.0 Å². The second-order valence-electron chi connectivity index (χ2n) is 7.05. The lowest BCUT2D eigenvalue weighted by atomic mass is 9.93. The maximum absolute atomic E-state index is 5.82. The highest BCUT2D eigenvalue weighted by atomic mass is 16.5. The Morgan fingerprint density at radius 3 is 2.88 bits per heavy atom. The molecule has 4 heterocycles. The van der Waals surface area contributed by atoms with Gasteiger partial charge in [0.05, 0.1) is 18.0 Å². The van der Waals surface area contributed by atoms with Crippen LogP contribution in [0, 0.1) is 0 Å². The fraction of sp³-hybridized carbons (Fsp3) is 0.632. The van der Waals surface area contributed by atoms with Crippen molar-refractivity contribution >= 4 is 5.69 Å². The zero-order chi connectivity index (χ0) is 17.1. The van der Waals surface area contributed by atoms with Gasteiger partial charge in [-0.3, -0.25) is 4.98 Å². The number of nitrogens with zero attached hydrogens (tertiary/aromatic N) is 4. The van der Waals surface area contributed by atoms with Gasteiger partial charge < -0.3 is 14.2 Å². The molecule has 0 amide bonds. The van der Waals surface area contributed by atoms with Crippen LogP contribution in [0.2, 0.25) is 0 Å². The van der Waals surface area contributed by atoms with Gasteiger partial charge in [0.1, 0.15) is 5.69 Å². The lowest BCUT2D eigenvalue weighted by Crippen LogP contribution is -2.24. The largest absolute Gasteiger partial charge is 0.378 e. The molecular weight excluding hydrogens is 316 g/mol. The predicted octanol–water partition coefficient (Wildman–Crippen LogP) is 3.79. The standard InChI is InChI=1S/C19H26N4O2/c1-2-5-16-12-14(8-11-24-16)19-21-18(22-25-19)17-7-6-15(13-20-17)23-9-3-4-10-23/h6-7,13-14,16H,2-5,8-12H2,1H3/t14-,16-/m0/s1. The van der Waals surface area contributed by atoms with Gasteiger partial charge in [-0.1, -0.05) is 18.5 Å². The summed E-state index contributed by atoms with van der Waals surface area (Å²) in [5, 5.41) is 4.16. The van der Waals surface area contributed by atoms with Crippen LogP contribution < -0.4 is 4.90 Å². The normalized spacial score (nSPS) is 24.0. The molecule has 0 aliphatic carbocycles. The maximum atomic E-state index is 5.82. The topological polar surface area (TPSA) is 64.3 Å². The fourth-order valence-electron chi connectivity index (χ4n) is 3.81. The SMILES string of the molecule is CCC[C@H]1C[C@@H](c2nc(-c3ccc(N4CCCC4)cn3)no2)CCO1. The molecule has 2 aromatic rings.